The number of fused-ring (bicyclic) bond motifs is 1. The van der Waals surface area contributed by atoms with Crippen LogP contribution in [0, 0.1) is 0 Å². The first kappa shape index (κ1) is 16.7. The lowest BCUT2D eigenvalue weighted by Gasteiger charge is -2.15. The third-order valence-corrected chi connectivity index (χ3v) is 3.86. The van der Waals surface area contributed by atoms with Gasteiger partial charge in [0, 0.05) is 16.6 Å². The standard InChI is InChI=1S/C17H15Cl2NO4/c1-10(24-14-6-12(18)5-13(19)7-14)17(21)20-8-11-2-3-15-16(4-11)23-9-22-15/h2-7,10H,8-9H2,1H3,(H,20,21)/t10-/m1/s1. The van der Waals surface area contributed by atoms with Gasteiger partial charge in [-0.05, 0) is 42.8 Å². The fraction of sp³-hybridized carbons (Fsp3) is 0.235. The van der Waals surface area contributed by atoms with E-state index in [-0.39, 0.29) is 12.7 Å². The van der Waals surface area contributed by atoms with E-state index in [0.29, 0.717) is 33.8 Å². The van der Waals surface area contributed by atoms with Gasteiger partial charge in [0.1, 0.15) is 5.75 Å². The third kappa shape index (κ3) is 4.04. The molecule has 0 aliphatic carbocycles. The zero-order valence-electron chi connectivity index (χ0n) is 12.8. The van der Waals surface area contributed by atoms with E-state index in [9.17, 15) is 4.79 Å². The Labute approximate surface area is 149 Å². The van der Waals surface area contributed by atoms with Crippen molar-refractivity contribution in [3.05, 3.63) is 52.0 Å². The zero-order chi connectivity index (χ0) is 17.1. The van der Waals surface area contributed by atoms with Gasteiger partial charge in [0.05, 0.1) is 0 Å². The minimum atomic E-state index is -0.687. The Morgan fingerprint density at radius 2 is 1.88 bits per heavy atom. The molecule has 1 amide bonds. The highest BCUT2D eigenvalue weighted by Crippen LogP contribution is 2.32. The summed E-state index contributed by atoms with van der Waals surface area (Å²) in [6.07, 6.45) is -0.687. The van der Waals surface area contributed by atoms with Gasteiger partial charge in [0.25, 0.3) is 5.91 Å². The Hall–Kier alpha value is -2.11. The molecule has 1 heterocycles. The molecule has 0 saturated carbocycles. The first-order chi connectivity index (χ1) is 11.5. The molecule has 5 nitrogen and oxygen atoms in total. The first-order valence-electron chi connectivity index (χ1n) is 7.30. The van der Waals surface area contributed by atoms with Crippen molar-refractivity contribution in [2.24, 2.45) is 0 Å². The molecule has 0 fully saturated rings. The van der Waals surface area contributed by atoms with Crippen LogP contribution in [0.2, 0.25) is 10.0 Å². The SMILES string of the molecule is C[C@@H](Oc1cc(Cl)cc(Cl)c1)C(=O)NCc1ccc2c(c1)OCO2. The Morgan fingerprint density at radius 1 is 1.17 bits per heavy atom. The number of nitrogens with one attached hydrogen (secondary N) is 1. The third-order valence-electron chi connectivity index (χ3n) is 3.42. The van der Waals surface area contributed by atoms with Gasteiger partial charge in [-0.2, -0.15) is 0 Å². The van der Waals surface area contributed by atoms with Crippen LogP contribution in [-0.4, -0.2) is 18.8 Å². The van der Waals surface area contributed by atoms with E-state index in [2.05, 4.69) is 5.32 Å². The summed E-state index contributed by atoms with van der Waals surface area (Å²) in [4.78, 5) is 12.2. The van der Waals surface area contributed by atoms with Gasteiger partial charge in [-0.25, -0.2) is 0 Å². The maximum atomic E-state index is 12.2. The molecule has 0 unspecified atom stereocenters. The van der Waals surface area contributed by atoms with E-state index in [1.54, 1.807) is 25.1 Å². The molecular formula is C17H15Cl2NO4. The maximum absolute atomic E-state index is 12.2. The molecule has 0 radical (unpaired) electrons. The van der Waals surface area contributed by atoms with Crippen molar-refractivity contribution < 1.29 is 19.0 Å². The molecular weight excluding hydrogens is 353 g/mol. The second-order valence-electron chi connectivity index (χ2n) is 5.27. The molecule has 1 N–H and O–H groups in total. The van der Waals surface area contributed by atoms with Crippen LogP contribution < -0.4 is 19.5 Å². The summed E-state index contributed by atoms with van der Waals surface area (Å²) in [5.41, 5.74) is 0.908. The quantitative estimate of drug-likeness (QED) is 0.872. The number of hydrogen-bond donors (Lipinski definition) is 1. The van der Waals surface area contributed by atoms with Crippen molar-refractivity contribution in [1.29, 1.82) is 0 Å². The number of ether oxygens (including phenoxy) is 3. The van der Waals surface area contributed by atoms with Crippen molar-refractivity contribution in [2.45, 2.75) is 19.6 Å². The molecule has 0 aromatic heterocycles. The van der Waals surface area contributed by atoms with Gasteiger partial charge in [-0.1, -0.05) is 29.3 Å². The van der Waals surface area contributed by atoms with E-state index in [1.807, 2.05) is 18.2 Å². The van der Waals surface area contributed by atoms with Crippen molar-refractivity contribution >= 4 is 29.1 Å². The zero-order valence-corrected chi connectivity index (χ0v) is 14.4. The molecule has 0 spiro atoms. The molecule has 0 bridgehead atoms. The second-order valence-corrected chi connectivity index (χ2v) is 6.14. The minimum Gasteiger partial charge on any atom is -0.481 e. The number of amides is 1. The van der Waals surface area contributed by atoms with E-state index < -0.39 is 6.10 Å². The molecule has 7 heteroatoms. The number of halogens is 2. The highest BCUT2D eigenvalue weighted by Gasteiger charge is 2.17. The van der Waals surface area contributed by atoms with Gasteiger partial charge in [0.2, 0.25) is 6.79 Å². The lowest BCUT2D eigenvalue weighted by molar-refractivity contribution is -0.127. The minimum absolute atomic E-state index is 0.220. The summed E-state index contributed by atoms with van der Waals surface area (Å²) in [6, 6.07) is 10.3. The lowest BCUT2D eigenvalue weighted by atomic mass is 10.2. The summed E-state index contributed by atoms with van der Waals surface area (Å²) in [5, 5.41) is 3.71. The van der Waals surface area contributed by atoms with E-state index in [1.165, 1.54) is 0 Å². The summed E-state index contributed by atoms with van der Waals surface area (Å²) in [5.74, 6) is 1.58. The summed E-state index contributed by atoms with van der Waals surface area (Å²) >= 11 is 11.8. The topological polar surface area (TPSA) is 56.8 Å². The fourth-order valence-corrected chi connectivity index (χ4v) is 2.74. The van der Waals surface area contributed by atoms with Gasteiger partial charge in [0.15, 0.2) is 17.6 Å². The van der Waals surface area contributed by atoms with Gasteiger partial charge < -0.3 is 19.5 Å². The van der Waals surface area contributed by atoms with E-state index in [4.69, 9.17) is 37.4 Å². The van der Waals surface area contributed by atoms with Crippen LogP contribution in [0.1, 0.15) is 12.5 Å². The number of hydrogen-bond acceptors (Lipinski definition) is 4. The smallest absolute Gasteiger partial charge is 0.261 e. The molecule has 1 atom stereocenters. The predicted octanol–water partition coefficient (Wildman–Crippen LogP) is 3.81. The summed E-state index contributed by atoms with van der Waals surface area (Å²) < 4.78 is 16.1. The highest BCUT2D eigenvalue weighted by molar-refractivity contribution is 6.34. The Balaban J connectivity index is 1.56. The predicted molar refractivity (Wildman–Crippen MR) is 91.0 cm³/mol. The average molecular weight is 368 g/mol. The molecule has 1 aliphatic rings. The molecule has 126 valence electrons. The Kier molecular flexibility index (Phi) is 5.02. The van der Waals surface area contributed by atoms with Gasteiger partial charge in [-0.3, -0.25) is 4.79 Å². The fourth-order valence-electron chi connectivity index (χ4n) is 2.24. The maximum Gasteiger partial charge on any atom is 0.261 e. The van der Waals surface area contributed by atoms with E-state index in [0.717, 1.165) is 5.56 Å². The largest absolute Gasteiger partial charge is 0.481 e. The van der Waals surface area contributed by atoms with Gasteiger partial charge >= 0.3 is 0 Å². The van der Waals surface area contributed by atoms with Crippen LogP contribution >= 0.6 is 23.2 Å². The lowest BCUT2D eigenvalue weighted by Crippen LogP contribution is -2.35. The molecule has 3 rings (SSSR count). The van der Waals surface area contributed by atoms with Crippen molar-refractivity contribution in [1.82, 2.24) is 5.32 Å². The van der Waals surface area contributed by atoms with E-state index >= 15 is 0 Å². The highest BCUT2D eigenvalue weighted by atomic mass is 35.5. The molecule has 2 aromatic rings. The number of carbonyl (C=O) groups excluding carboxylic acids is 1. The van der Waals surface area contributed by atoms with Crippen LogP contribution in [0.3, 0.4) is 0 Å². The average Bonchev–Trinajstić information content (AvgIpc) is 2.99. The van der Waals surface area contributed by atoms with Gasteiger partial charge in [-0.15, -0.1) is 0 Å². The first-order valence-corrected chi connectivity index (χ1v) is 8.06. The van der Waals surface area contributed by atoms with Crippen molar-refractivity contribution in [3.8, 4) is 17.2 Å². The molecule has 2 aromatic carbocycles. The van der Waals surface area contributed by atoms with Crippen molar-refractivity contribution in [3.63, 3.8) is 0 Å². The summed E-state index contributed by atoms with van der Waals surface area (Å²) in [7, 11) is 0. The summed E-state index contributed by atoms with van der Waals surface area (Å²) in [6.45, 7) is 2.24. The molecule has 1 aliphatic heterocycles. The second kappa shape index (κ2) is 7.20. The number of carbonyl (C=O) groups is 1. The normalized spacial score (nSPS) is 13.5. The molecule has 0 saturated heterocycles. The van der Waals surface area contributed by atoms with Crippen LogP contribution in [0.4, 0.5) is 0 Å². The molecule has 24 heavy (non-hydrogen) atoms. The van der Waals surface area contributed by atoms with Crippen LogP contribution in [0.5, 0.6) is 17.2 Å². The van der Waals surface area contributed by atoms with Crippen LogP contribution in [0.15, 0.2) is 36.4 Å². The van der Waals surface area contributed by atoms with Crippen LogP contribution in [-0.2, 0) is 11.3 Å². The monoisotopic (exact) mass is 367 g/mol. The number of rotatable bonds is 5. The Morgan fingerprint density at radius 3 is 2.62 bits per heavy atom. The van der Waals surface area contributed by atoms with Crippen molar-refractivity contribution in [2.75, 3.05) is 6.79 Å². The van der Waals surface area contributed by atoms with Crippen LogP contribution in [0.25, 0.3) is 0 Å². The number of benzene rings is 2. The Bertz CT molecular complexity index is 746.